The third-order valence-corrected chi connectivity index (χ3v) is 5.05. The maximum Gasteiger partial charge on any atom is 0.257 e. The van der Waals surface area contributed by atoms with E-state index < -0.39 is 0 Å². The number of likely N-dealkylation sites (tertiary alicyclic amines) is 1. The van der Waals surface area contributed by atoms with Crippen LogP contribution in [0.15, 0.2) is 42.5 Å². The molecule has 2 N–H and O–H groups in total. The average Bonchev–Trinajstić information content (AvgIpc) is 2.60. The highest BCUT2D eigenvalue weighted by atomic mass is 35.5. The van der Waals surface area contributed by atoms with Crippen LogP contribution in [0.4, 0.5) is 4.39 Å². The van der Waals surface area contributed by atoms with Crippen molar-refractivity contribution in [1.29, 1.82) is 0 Å². The Labute approximate surface area is 157 Å². The molecule has 1 fully saturated rings. The molecule has 1 amide bonds. The molecule has 1 aliphatic heterocycles. The Morgan fingerprint density at radius 2 is 1.96 bits per heavy atom. The Morgan fingerprint density at radius 1 is 1.27 bits per heavy atom. The maximum atomic E-state index is 13.1. The van der Waals surface area contributed by atoms with Crippen molar-refractivity contribution >= 4 is 17.5 Å². The van der Waals surface area contributed by atoms with Gasteiger partial charge in [-0.05, 0) is 54.3 Å². The first-order valence-corrected chi connectivity index (χ1v) is 8.92. The summed E-state index contributed by atoms with van der Waals surface area (Å²) in [4.78, 5) is 14.9. The maximum absolute atomic E-state index is 13.1. The van der Waals surface area contributed by atoms with Crippen LogP contribution in [0, 0.1) is 11.2 Å². The molecule has 2 aromatic rings. The van der Waals surface area contributed by atoms with E-state index in [2.05, 4.69) is 13.8 Å². The number of carbonyl (C=O) groups excluding carboxylic acids is 1. The van der Waals surface area contributed by atoms with Crippen LogP contribution >= 0.6 is 11.6 Å². The molecule has 26 heavy (non-hydrogen) atoms. The molecular weight excluding hydrogens is 355 g/mol. The van der Waals surface area contributed by atoms with E-state index in [1.54, 1.807) is 23.1 Å². The second-order valence-electron chi connectivity index (χ2n) is 7.31. The van der Waals surface area contributed by atoms with E-state index in [0.717, 1.165) is 6.42 Å². The first-order valence-electron chi connectivity index (χ1n) is 8.54. The van der Waals surface area contributed by atoms with Gasteiger partial charge in [0.05, 0.1) is 5.56 Å². The van der Waals surface area contributed by atoms with Crippen LogP contribution < -0.4 is 10.5 Å². The quantitative estimate of drug-likeness (QED) is 0.859. The predicted molar refractivity (Wildman–Crippen MR) is 100 cm³/mol. The topological polar surface area (TPSA) is 55.6 Å². The lowest BCUT2D eigenvalue weighted by Crippen LogP contribution is -2.54. The van der Waals surface area contributed by atoms with Crippen LogP contribution in [0.5, 0.6) is 11.5 Å². The summed E-state index contributed by atoms with van der Waals surface area (Å²) in [5.41, 5.74) is 6.39. The van der Waals surface area contributed by atoms with Crippen molar-refractivity contribution in [3.63, 3.8) is 0 Å². The minimum atomic E-state index is -0.350. The second kappa shape index (κ2) is 7.25. The third kappa shape index (κ3) is 4.00. The van der Waals surface area contributed by atoms with Crippen molar-refractivity contribution in [2.45, 2.75) is 26.3 Å². The molecule has 0 bridgehead atoms. The van der Waals surface area contributed by atoms with Gasteiger partial charge in [0.2, 0.25) is 0 Å². The van der Waals surface area contributed by atoms with E-state index in [1.807, 2.05) is 0 Å². The summed E-state index contributed by atoms with van der Waals surface area (Å²) in [7, 11) is 0. The van der Waals surface area contributed by atoms with Gasteiger partial charge in [0, 0.05) is 24.2 Å². The lowest BCUT2D eigenvalue weighted by atomic mass is 9.79. The molecule has 1 aliphatic rings. The van der Waals surface area contributed by atoms with Gasteiger partial charge in [-0.3, -0.25) is 4.79 Å². The molecule has 1 saturated heterocycles. The summed E-state index contributed by atoms with van der Waals surface area (Å²) >= 11 is 6.11. The van der Waals surface area contributed by atoms with Crippen molar-refractivity contribution in [3.8, 4) is 11.5 Å². The molecular formula is C20H22ClFN2O2. The number of amides is 1. The van der Waals surface area contributed by atoms with Gasteiger partial charge in [-0.25, -0.2) is 4.39 Å². The predicted octanol–water partition coefficient (Wildman–Crippen LogP) is 4.47. The van der Waals surface area contributed by atoms with E-state index in [4.69, 9.17) is 22.1 Å². The molecule has 138 valence electrons. The zero-order chi connectivity index (χ0) is 18.9. The highest BCUT2D eigenvalue weighted by molar-refractivity contribution is 6.31. The van der Waals surface area contributed by atoms with Gasteiger partial charge in [-0.1, -0.05) is 25.4 Å². The highest BCUT2D eigenvalue weighted by Crippen LogP contribution is 2.32. The van der Waals surface area contributed by atoms with Crippen molar-refractivity contribution in [2.75, 3.05) is 13.1 Å². The fraction of sp³-hybridized carbons (Fsp3) is 0.350. The summed E-state index contributed by atoms with van der Waals surface area (Å²) in [6.07, 6.45) is 0.744. The smallest absolute Gasteiger partial charge is 0.257 e. The molecule has 0 aromatic heterocycles. The van der Waals surface area contributed by atoms with Gasteiger partial charge in [0.1, 0.15) is 17.3 Å². The first kappa shape index (κ1) is 18.7. The Kier molecular flexibility index (Phi) is 5.21. The summed E-state index contributed by atoms with van der Waals surface area (Å²) in [5, 5.41) is 0.452. The zero-order valence-corrected chi connectivity index (χ0v) is 15.6. The Balaban J connectivity index is 1.88. The number of ether oxygens (including phenoxy) is 1. The minimum Gasteiger partial charge on any atom is -0.457 e. The van der Waals surface area contributed by atoms with E-state index >= 15 is 0 Å². The van der Waals surface area contributed by atoms with E-state index in [-0.39, 0.29) is 23.2 Å². The molecule has 6 heteroatoms. The number of nitrogens with zero attached hydrogens (tertiary/aromatic N) is 1. The molecule has 0 saturated carbocycles. The SMILES string of the molecule is CC1(C)CN(C(=O)c2cc(Cl)ccc2Oc2ccc(F)cc2)CCC1N. The number of benzene rings is 2. The van der Waals surface area contributed by atoms with Gasteiger partial charge < -0.3 is 15.4 Å². The molecule has 1 unspecified atom stereocenters. The Bertz CT molecular complexity index is 808. The number of halogens is 2. The molecule has 4 nitrogen and oxygen atoms in total. The van der Waals surface area contributed by atoms with Crippen molar-refractivity contribution in [1.82, 2.24) is 4.90 Å². The average molecular weight is 377 g/mol. The van der Waals surface area contributed by atoms with Crippen molar-refractivity contribution in [2.24, 2.45) is 11.1 Å². The van der Waals surface area contributed by atoms with Gasteiger partial charge in [-0.15, -0.1) is 0 Å². The monoisotopic (exact) mass is 376 g/mol. The van der Waals surface area contributed by atoms with Gasteiger partial charge in [0.15, 0.2) is 0 Å². The van der Waals surface area contributed by atoms with Crippen LogP contribution in [0.3, 0.4) is 0 Å². The summed E-state index contributed by atoms with van der Waals surface area (Å²) in [6, 6.07) is 10.6. The van der Waals surface area contributed by atoms with Gasteiger partial charge in [0.25, 0.3) is 5.91 Å². The Hall–Kier alpha value is -2.11. The molecule has 0 radical (unpaired) electrons. The van der Waals surface area contributed by atoms with E-state index in [9.17, 15) is 9.18 Å². The number of rotatable bonds is 3. The normalized spacial score (nSPS) is 19.3. The zero-order valence-electron chi connectivity index (χ0n) is 14.8. The Morgan fingerprint density at radius 3 is 2.62 bits per heavy atom. The molecule has 3 rings (SSSR count). The van der Waals surface area contributed by atoms with Crippen LogP contribution in [-0.4, -0.2) is 29.9 Å². The van der Waals surface area contributed by atoms with Crippen LogP contribution in [0.25, 0.3) is 0 Å². The number of carbonyl (C=O) groups is 1. The van der Waals surface area contributed by atoms with Crippen LogP contribution in [0.2, 0.25) is 5.02 Å². The fourth-order valence-electron chi connectivity index (χ4n) is 3.11. The minimum absolute atomic E-state index is 0.0563. The van der Waals surface area contributed by atoms with Crippen LogP contribution in [-0.2, 0) is 0 Å². The van der Waals surface area contributed by atoms with Crippen LogP contribution in [0.1, 0.15) is 30.6 Å². The van der Waals surface area contributed by atoms with Crippen molar-refractivity contribution < 1.29 is 13.9 Å². The van der Waals surface area contributed by atoms with E-state index in [1.165, 1.54) is 24.3 Å². The first-order chi connectivity index (χ1) is 12.3. The number of nitrogens with two attached hydrogens (primary N) is 1. The number of piperidine rings is 1. The molecule has 0 aliphatic carbocycles. The second-order valence-corrected chi connectivity index (χ2v) is 7.74. The van der Waals surface area contributed by atoms with Gasteiger partial charge in [-0.2, -0.15) is 0 Å². The summed E-state index contributed by atoms with van der Waals surface area (Å²) in [5.74, 6) is 0.337. The lowest BCUT2D eigenvalue weighted by Gasteiger charge is -2.42. The fourth-order valence-corrected chi connectivity index (χ4v) is 3.28. The van der Waals surface area contributed by atoms with Crippen molar-refractivity contribution in [3.05, 3.63) is 58.9 Å². The summed E-state index contributed by atoms with van der Waals surface area (Å²) < 4.78 is 18.9. The summed E-state index contributed by atoms with van der Waals surface area (Å²) in [6.45, 7) is 5.28. The molecule has 0 spiro atoms. The van der Waals surface area contributed by atoms with E-state index in [0.29, 0.717) is 35.2 Å². The highest BCUT2D eigenvalue weighted by Gasteiger charge is 2.36. The third-order valence-electron chi connectivity index (χ3n) is 4.81. The molecule has 1 atom stereocenters. The largest absolute Gasteiger partial charge is 0.457 e. The lowest BCUT2D eigenvalue weighted by molar-refractivity contribution is 0.0530. The standard InChI is InChI=1S/C20H22ClFN2O2/c1-20(2)12-24(10-9-18(20)23)19(25)16-11-13(21)3-8-17(16)26-15-6-4-14(22)5-7-15/h3-8,11,18H,9-10,12,23H2,1-2H3. The number of hydrogen-bond donors (Lipinski definition) is 1. The number of hydrogen-bond acceptors (Lipinski definition) is 3. The molecule has 2 aromatic carbocycles. The van der Waals surface area contributed by atoms with Gasteiger partial charge >= 0.3 is 0 Å². The molecule has 1 heterocycles.